The standard InChI is InChI=1S/C15H23Cl2OP/c1-14(2,3)10-8-11(15(4,5)6)13(19(16)17)12(9-10)18-7/h8-9H,1-7H3. The first-order chi connectivity index (χ1) is 8.48. The van der Waals surface area contributed by atoms with E-state index >= 15 is 0 Å². The second-order valence-corrected chi connectivity index (χ2v) is 10.3. The van der Waals surface area contributed by atoms with Crippen LogP contribution in [0.4, 0.5) is 0 Å². The monoisotopic (exact) mass is 320 g/mol. The SMILES string of the molecule is COc1cc(C(C)(C)C)cc(C(C)(C)C)c1P(Cl)Cl. The van der Waals surface area contributed by atoms with Gasteiger partial charge < -0.3 is 4.74 Å². The molecule has 0 aliphatic rings. The highest BCUT2D eigenvalue weighted by Gasteiger charge is 2.28. The Balaban J connectivity index is 3.65. The third-order valence-corrected chi connectivity index (χ3v) is 4.95. The van der Waals surface area contributed by atoms with Crippen molar-refractivity contribution in [1.29, 1.82) is 0 Å². The summed E-state index contributed by atoms with van der Waals surface area (Å²) in [7, 11) is 1.67. The Morgan fingerprint density at radius 3 is 1.79 bits per heavy atom. The second-order valence-electron chi connectivity index (χ2n) is 6.81. The zero-order chi connectivity index (χ0) is 15.0. The summed E-state index contributed by atoms with van der Waals surface area (Å²) in [5.74, 6) is 0.800. The molecule has 0 aliphatic heterocycles. The molecule has 0 spiro atoms. The highest BCUT2D eigenvalue weighted by Crippen LogP contribution is 2.51. The molecule has 0 N–H and O–H groups in total. The first-order valence-corrected chi connectivity index (χ1v) is 9.48. The summed E-state index contributed by atoms with van der Waals surface area (Å²) in [5, 5.41) is 0.946. The van der Waals surface area contributed by atoms with Gasteiger partial charge in [-0.2, -0.15) is 0 Å². The topological polar surface area (TPSA) is 9.23 Å². The van der Waals surface area contributed by atoms with Gasteiger partial charge in [-0.1, -0.05) is 70.1 Å². The number of benzene rings is 1. The zero-order valence-corrected chi connectivity index (χ0v) is 15.2. The average molecular weight is 321 g/mol. The summed E-state index contributed by atoms with van der Waals surface area (Å²) in [6.07, 6.45) is 0. The van der Waals surface area contributed by atoms with Crippen LogP contribution in [0.3, 0.4) is 0 Å². The van der Waals surface area contributed by atoms with Crippen molar-refractivity contribution >= 4 is 34.4 Å². The molecule has 0 heterocycles. The van der Waals surface area contributed by atoms with Crippen LogP contribution in [0.1, 0.15) is 52.7 Å². The van der Waals surface area contributed by atoms with Gasteiger partial charge >= 0.3 is 0 Å². The Morgan fingerprint density at radius 1 is 0.947 bits per heavy atom. The lowest BCUT2D eigenvalue weighted by atomic mass is 9.80. The van der Waals surface area contributed by atoms with Gasteiger partial charge in [0.15, 0.2) is 0 Å². The van der Waals surface area contributed by atoms with Crippen molar-refractivity contribution < 1.29 is 4.74 Å². The molecule has 19 heavy (non-hydrogen) atoms. The van der Waals surface area contributed by atoms with Crippen molar-refractivity contribution in [2.24, 2.45) is 0 Å². The van der Waals surface area contributed by atoms with Crippen LogP contribution in [0.2, 0.25) is 0 Å². The van der Waals surface area contributed by atoms with Crippen molar-refractivity contribution in [2.75, 3.05) is 7.11 Å². The molecule has 0 aliphatic carbocycles. The molecule has 0 fully saturated rings. The maximum absolute atomic E-state index is 6.22. The van der Waals surface area contributed by atoms with Crippen molar-refractivity contribution in [3.05, 3.63) is 23.3 Å². The molecule has 0 saturated carbocycles. The summed E-state index contributed by atoms with van der Waals surface area (Å²) in [6, 6.07) is 4.28. The van der Waals surface area contributed by atoms with Crippen molar-refractivity contribution in [3.63, 3.8) is 0 Å². The molecule has 0 saturated heterocycles. The van der Waals surface area contributed by atoms with Crippen molar-refractivity contribution in [3.8, 4) is 5.75 Å². The van der Waals surface area contributed by atoms with E-state index in [1.54, 1.807) is 7.11 Å². The molecule has 0 unspecified atom stereocenters. The molecule has 1 aromatic rings. The summed E-state index contributed by atoms with van der Waals surface area (Å²) in [6.45, 7) is 11.9. The molecule has 0 aromatic heterocycles. The number of hydrogen-bond acceptors (Lipinski definition) is 1. The second kappa shape index (κ2) is 5.80. The Hall–Kier alpha value is 0.0300. The third-order valence-electron chi connectivity index (χ3n) is 3.14. The lowest BCUT2D eigenvalue weighted by Crippen LogP contribution is -2.24. The van der Waals surface area contributed by atoms with E-state index in [0.717, 1.165) is 11.1 Å². The summed E-state index contributed by atoms with van der Waals surface area (Å²) < 4.78 is 5.53. The predicted molar refractivity (Wildman–Crippen MR) is 88.7 cm³/mol. The summed E-state index contributed by atoms with van der Waals surface area (Å²) >= 11 is 12.4. The van der Waals surface area contributed by atoms with Gasteiger partial charge in [-0.3, -0.25) is 0 Å². The number of halogens is 2. The number of ether oxygens (including phenoxy) is 1. The Kier molecular flexibility index (Phi) is 5.21. The van der Waals surface area contributed by atoms with E-state index in [1.165, 1.54) is 11.1 Å². The van der Waals surface area contributed by atoms with E-state index in [1.807, 2.05) is 0 Å². The molecule has 0 atom stereocenters. The van der Waals surface area contributed by atoms with Gasteiger partial charge in [0, 0.05) is 0 Å². The van der Waals surface area contributed by atoms with Gasteiger partial charge in [-0.05, 0) is 28.0 Å². The fourth-order valence-electron chi connectivity index (χ4n) is 1.94. The average Bonchev–Trinajstić information content (AvgIpc) is 2.24. The minimum atomic E-state index is -1.24. The van der Waals surface area contributed by atoms with Crippen LogP contribution >= 0.6 is 29.1 Å². The van der Waals surface area contributed by atoms with E-state index in [9.17, 15) is 0 Å². The number of hydrogen-bond donors (Lipinski definition) is 0. The van der Waals surface area contributed by atoms with E-state index in [-0.39, 0.29) is 10.8 Å². The van der Waals surface area contributed by atoms with Crippen LogP contribution < -0.4 is 10.0 Å². The quantitative estimate of drug-likeness (QED) is 0.634. The Bertz CT molecular complexity index is 456. The van der Waals surface area contributed by atoms with Gasteiger partial charge in [-0.15, -0.1) is 0 Å². The molecule has 0 radical (unpaired) electrons. The molecule has 1 nitrogen and oxygen atoms in total. The minimum Gasteiger partial charge on any atom is -0.496 e. The predicted octanol–water partition coefficient (Wildman–Crippen LogP) is 5.71. The first-order valence-electron chi connectivity index (χ1n) is 6.33. The molecular weight excluding hydrogens is 298 g/mol. The van der Waals surface area contributed by atoms with Crippen LogP contribution in [-0.4, -0.2) is 7.11 Å². The molecule has 0 amide bonds. The highest BCUT2D eigenvalue weighted by atomic mass is 35.9. The molecular formula is C15H23Cl2OP. The molecule has 0 bridgehead atoms. The highest BCUT2D eigenvalue weighted by molar-refractivity contribution is 8.09. The first kappa shape index (κ1) is 17.1. The molecule has 108 valence electrons. The smallest absolute Gasteiger partial charge is 0.129 e. The Morgan fingerprint density at radius 2 is 1.47 bits per heavy atom. The van der Waals surface area contributed by atoms with Gasteiger partial charge in [0.25, 0.3) is 0 Å². The summed E-state index contributed by atoms with van der Waals surface area (Å²) in [4.78, 5) is 0. The van der Waals surface area contributed by atoms with Crippen LogP contribution in [0, 0.1) is 0 Å². The normalized spacial score (nSPS) is 12.9. The fraction of sp³-hybridized carbons (Fsp3) is 0.600. The van der Waals surface area contributed by atoms with Gasteiger partial charge in [0.2, 0.25) is 0 Å². The third kappa shape index (κ3) is 4.00. The molecule has 1 rings (SSSR count). The van der Waals surface area contributed by atoms with E-state index in [2.05, 4.69) is 53.7 Å². The fourth-order valence-corrected chi connectivity index (χ4v) is 3.89. The van der Waals surface area contributed by atoms with Crippen LogP contribution in [0.5, 0.6) is 5.75 Å². The van der Waals surface area contributed by atoms with E-state index < -0.39 is 6.63 Å². The van der Waals surface area contributed by atoms with Crippen molar-refractivity contribution in [2.45, 2.75) is 52.4 Å². The minimum absolute atomic E-state index is 0.0196. The molecule has 4 heteroatoms. The van der Waals surface area contributed by atoms with Crippen LogP contribution in [0.25, 0.3) is 0 Å². The van der Waals surface area contributed by atoms with Gasteiger partial charge in [-0.25, -0.2) is 0 Å². The lowest BCUT2D eigenvalue weighted by Gasteiger charge is -2.29. The van der Waals surface area contributed by atoms with Gasteiger partial charge in [0.05, 0.1) is 12.4 Å². The maximum atomic E-state index is 6.22. The number of rotatable bonds is 2. The van der Waals surface area contributed by atoms with Gasteiger partial charge in [0.1, 0.15) is 12.4 Å². The lowest BCUT2D eigenvalue weighted by molar-refractivity contribution is 0.414. The zero-order valence-electron chi connectivity index (χ0n) is 12.8. The van der Waals surface area contributed by atoms with Crippen LogP contribution in [-0.2, 0) is 10.8 Å². The van der Waals surface area contributed by atoms with E-state index in [4.69, 9.17) is 27.2 Å². The maximum Gasteiger partial charge on any atom is 0.129 e. The van der Waals surface area contributed by atoms with Crippen LogP contribution in [0.15, 0.2) is 12.1 Å². The van der Waals surface area contributed by atoms with E-state index in [0.29, 0.717) is 0 Å². The van der Waals surface area contributed by atoms with Crippen molar-refractivity contribution in [1.82, 2.24) is 0 Å². The molecule has 1 aromatic carbocycles. The number of methoxy groups -OCH3 is 1. The largest absolute Gasteiger partial charge is 0.496 e. The Labute approximate surface area is 128 Å². The summed E-state index contributed by atoms with van der Waals surface area (Å²) in [5.41, 5.74) is 2.46.